The second-order valence-electron chi connectivity index (χ2n) is 7.41. The summed E-state index contributed by atoms with van der Waals surface area (Å²) in [6, 6.07) is 15.4. The highest BCUT2D eigenvalue weighted by Gasteiger charge is 2.38. The largest absolute Gasteiger partial charge is 0.456 e. The van der Waals surface area contributed by atoms with Crippen molar-refractivity contribution < 1.29 is 27.1 Å². The predicted molar refractivity (Wildman–Crippen MR) is 122 cm³/mol. The molecule has 0 radical (unpaired) electrons. The zero-order valence-corrected chi connectivity index (χ0v) is 19.1. The van der Waals surface area contributed by atoms with Crippen LogP contribution in [0, 0.1) is 5.82 Å². The minimum absolute atomic E-state index is 0.0204. The van der Waals surface area contributed by atoms with Gasteiger partial charge in [0.1, 0.15) is 10.0 Å². The maximum atomic E-state index is 13.7. The number of rotatable bonds is 7. The molecule has 1 amide bonds. The molecular weight excluding hydrogens is 467 g/mol. The lowest BCUT2D eigenvalue weighted by Gasteiger charge is -2.35. The van der Waals surface area contributed by atoms with Gasteiger partial charge >= 0.3 is 5.97 Å². The van der Waals surface area contributed by atoms with Crippen molar-refractivity contribution in [3.8, 4) is 0 Å². The monoisotopic (exact) mass is 488 g/mol. The first-order valence-corrected chi connectivity index (χ1v) is 12.5. The van der Waals surface area contributed by atoms with Crippen LogP contribution in [0.25, 0.3) is 0 Å². The van der Waals surface area contributed by atoms with Crippen molar-refractivity contribution in [1.29, 1.82) is 0 Å². The normalized spacial score (nSPS) is 16.1. The van der Waals surface area contributed by atoms with Crippen LogP contribution in [0.3, 0.4) is 0 Å². The van der Waals surface area contributed by atoms with Gasteiger partial charge < -0.3 is 10.1 Å². The Hall–Kier alpha value is -3.08. The fourth-order valence-corrected chi connectivity index (χ4v) is 6.49. The molecule has 0 aliphatic carbocycles. The zero-order valence-electron chi connectivity index (χ0n) is 17.4. The van der Waals surface area contributed by atoms with E-state index in [0.717, 1.165) is 22.5 Å². The molecule has 1 aliphatic rings. The van der Waals surface area contributed by atoms with Crippen LogP contribution in [0.2, 0.25) is 0 Å². The number of halogens is 1. The first kappa shape index (κ1) is 23.1. The second-order valence-corrected chi connectivity index (χ2v) is 10.5. The molecule has 7 nitrogen and oxygen atoms in total. The van der Waals surface area contributed by atoms with Crippen molar-refractivity contribution in [3.63, 3.8) is 0 Å². The van der Waals surface area contributed by atoms with E-state index in [1.807, 2.05) is 12.1 Å². The topological polar surface area (TPSA) is 92.8 Å². The van der Waals surface area contributed by atoms with E-state index in [1.165, 1.54) is 28.6 Å². The van der Waals surface area contributed by atoms with E-state index < -0.39 is 40.4 Å². The number of thiophene rings is 1. The second kappa shape index (κ2) is 9.82. The van der Waals surface area contributed by atoms with E-state index in [0.29, 0.717) is 6.42 Å². The third-order valence-electron chi connectivity index (χ3n) is 5.29. The number of hydrogen-bond acceptors (Lipinski definition) is 6. The lowest BCUT2D eigenvalue weighted by atomic mass is 9.92. The number of anilines is 1. The van der Waals surface area contributed by atoms with Gasteiger partial charge in [0.25, 0.3) is 15.9 Å². The molecule has 2 heterocycles. The van der Waals surface area contributed by atoms with E-state index in [9.17, 15) is 22.4 Å². The number of carbonyl (C=O) groups is 2. The number of benzene rings is 2. The summed E-state index contributed by atoms with van der Waals surface area (Å²) >= 11 is 1.11. The summed E-state index contributed by atoms with van der Waals surface area (Å²) in [6.45, 7) is -0.387. The van der Waals surface area contributed by atoms with E-state index in [-0.39, 0.29) is 22.9 Å². The van der Waals surface area contributed by atoms with Crippen LogP contribution < -0.4 is 5.32 Å². The molecule has 0 saturated heterocycles. The molecule has 1 aliphatic heterocycles. The maximum absolute atomic E-state index is 13.7. The highest BCUT2D eigenvalue weighted by Crippen LogP contribution is 2.37. The van der Waals surface area contributed by atoms with Crippen LogP contribution in [0.15, 0.2) is 70.3 Å². The summed E-state index contributed by atoms with van der Waals surface area (Å²) in [4.78, 5) is 24.7. The number of amides is 1. The van der Waals surface area contributed by atoms with E-state index in [1.54, 1.807) is 29.6 Å². The Morgan fingerprint density at radius 2 is 1.85 bits per heavy atom. The first-order valence-electron chi connectivity index (χ1n) is 10.2. The molecule has 2 aromatic carbocycles. The quantitative estimate of drug-likeness (QED) is 0.512. The van der Waals surface area contributed by atoms with Crippen molar-refractivity contribution in [3.05, 3.63) is 83.0 Å². The number of ether oxygens (including phenoxy) is 1. The summed E-state index contributed by atoms with van der Waals surface area (Å²) < 4.78 is 46.8. The van der Waals surface area contributed by atoms with Crippen LogP contribution in [-0.4, -0.2) is 37.8 Å². The van der Waals surface area contributed by atoms with Crippen molar-refractivity contribution in [2.45, 2.75) is 23.1 Å². The van der Waals surface area contributed by atoms with Gasteiger partial charge in [0.15, 0.2) is 6.61 Å². The number of nitrogens with one attached hydrogen (secondary N) is 1. The van der Waals surface area contributed by atoms with Crippen molar-refractivity contribution in [1.82, 2.24) is 4.31 Å². The van der Waals surface area contributed by atoms with Crippen molar-refractivity contribution in [2.24, 2.45) is 0 Å². The average molecular weight is 489 g/mol. The van der Waals surface area contributed by atoms with Crippen molar-refractivity contribution >= 4 is 38.9 Å². The molecule has 0 spiro atoms. The maximum Gasteiger partial charge on any atom is 0.308 e. The average Bonchev–Trinajstić information content (AvgIpc) is 3.35. The lowest BCUT2D eigenvalue weighted by Crippen LogP contribution is -2.41. The predicted octanol–water partition coefficient (Wildman–Crippen LogP) is 3.75. The number of carbonyl (C=O) groups excluding carboxylic acids is 2. The molecule has 1 N–H and O–H groups in total. The minimum atomic E-state index is -3.81. The first-order chi connectivity index (χ1) is 15.9. The van der Waals surface area contributed by atoms with Gasteiger partial charge in [-0.25, -0.2) is 12.8 Å². The van der Waals surface area contributed by atoms with Crippen LogP contribution in [0.5, 0.6) is 0 Å². The molecule has 0 fully saturated rings. The highest BCUT2D eigenvalue weighted by molar-refractivity contribution is 7.91. The van der Waals surface area contributed by atoms with Gasteiger partial charge in [0, 0.05) is 6.54 Å². The number of fused-ring (bicyclic) bond motifs is 1. The minimum Gasteiger partial charge on any atom is -0.456 e. The molecule has 33 heavy (non-hydrogen) atoms. The number of nitrogens with zero attached hydrogens (tertiary/aromatic N) is 1. The summed E-state index contributed by atoms with van der Waals surface area (Å²) in [5.74, 6) is -2.03. The molecule has 172 valence electrons. The Morgan fingerprint density at radius 1 is 1.09 bits per heavy atom. The lowest BCUT2D eigenvalue weighted by molar-refractivity contribution is -0.148. The number of para-hydroxylation sites is 1. The summed E-state index contributed by atoms with van der Waals surface area (Å²) in [7, 11) is -3.81. The fourth-order valence-electron chi connectivity index (χ4n) is 3.77. The Balaban J connectivity index is 1.48. The molecule has 1 atom stereocenters. The van der Waals surface area contributed by atoms with Crippen LogP contribution in [-0.2, 0) is 30.8 Å². The molecule has 10 heteroatoms. The third kappa shape index (κ3) is 5.13. The molecular formula is C23H21FN2O5S2. The highest BCUT2D eigenvalue weighted by atomic mass is 32.2. The molecule has 3 aromatic rings. The molecule has 1 aromatic heterocycles. The van der Waals surface area contributed by atoms with Gasteiger partial charge in [-0.05, 0) is 41.1 Å². The van der Waals surface area contributed by atoms with Gasteiger partial charge in [0.05, 0.1) is 18.2 Å². The SMILES string of the molecule is O=C(COC(=O)C[C@@H]1c2ccccc2CCN1S(=O)(=O)c1cccs1)Nc1ccccc1F. The molecule has 0 unspecified atom stereocenters. The Kier molecular flexibility index (Phi) is 6.87. The van der Waals surface area contributed by atoms with Gasteiger partial charge in [-0.2, -0.15) is 4.31 Å². The molecule has 0 saturated carbocycles. The smallest absolute Gasteiger partial charge is 0.308 e. The van der Waals surface area contributed by atoms with Gasteiger partial charge in [-0.1, -0.05) is 42.5 Å². The molecule has 4 rings (SSSR count). The Morgan fingerprint density at radius 3 is 2.61 bits per heavy atom. The summed E-state index contributed by atoms with van der Waals surface area (Å²) in [5.41, 5.74) is 1.68. The van der Waals surface area contributed by atoms with Gasteiger partial charge in [-0.15, -0.1) is 11.3 Å². The number of hydrogen-bond donors (Lipinski definition) is 1. The van der Waals surface area contributed by atoms with Gasteiger partial charge in [-0.3, -0.25) is 9.59 Å². The Labute approximate surface area is 194 Å². The third-order valence-corrected chi connectivity index (χ3v) is 8.57. The van der Waals surface area contributed by atoms with E-state index in [2.05, 4.69) is 5.32 Å². The number of sulfonamides is 1. The molecule has 0 bridgehead atoms. The fraction of sp³-hybridized carbons (Fsp3) is 0.217. The van der Waals surface area contributed by atoms with E-state index in [4.69, 9.17) is 4.74 Å². The zero-order chi connectivity index (χ0) is 23.4. The number of esters is 1. The van der Waals surface area contributed by atoms with Crippen LogP contribution >= 0.6 is 11.3 Å². The van der Waals surface area contributed by atoms with Crippen LogP contribution in [0.1, 0.15) is 23.6 Å². The summed E-state index contributed by atoms with van der Waals surface area (Å²) in [6.07, 6.45) is 0.270. The van der Waals surface area contributed by atoms with Crippen molar-refractivity contribution in [2.75, 3.05) is 18.5 Å². The summed E-state index contributed by atoms with van der Waals surface area (Å²) in [5, 5.41) is 4.02. The Bertz CT molecular complexity index is 1260. The van der Waals surface area contributed by atoms with Gasteiger partial charge in [0.2, 0.25) is 0 Å². The standard InChI is InChI=1S/C23H21FN2O5S2/c24-18-8-3-4-9-19(18)25-21(27)15-31-22(28)14-20-17-7-2-1-6-16(17)11-12-26(20)33(29,30)23-10-5-13-32-23/h1-10,13,20H,11-12,14-15H2,(H,25,27)/t20-/m1/s1. The van der Waals surface area contributed by atoms with E-state index >= 15 is 0 Å². The van der Waals surface area contributed by atoms with Crippen LogP contribution in [0.4, 0.5) is 10.1 Å².